The van der Waals surface area contributed by atoms with Crippen molar-refractivity contribution in [3.63, 3.8) is 0 Å². The smallest absolute Gasteiger partial charge is 0.186 e. The van der Waals surface area contributed by atoms with Crippen molar-refractivity contribution in [3.05, 3.63) is 32.5 Å². The normalized spacial score (nSPS) is 18.4. The molecule has 4 nitrogen and oxygen atoms in total. The summed E-state index contributed by atoms with van der Waals surface area (Å²) in [6.45, 7) is 3.70. The zero-order valence-electron chi connectivity index (χ0n) is 11.6. The predicted octanol–water partition coefficient (Wildman–Crippen LogP) is 2.97. The van der Waals surface area contributed by atoms with Crippen LogP contribution in [-0.2, 0) is 24.4 Å². The fraction of sp³-hybridized carbons (Fsp3) is 0.500. The van der Waals surface area contributed by atoms with E-state index in [2.05, 4.69) is 28.3 Å². The molecule has 20 heavy (non-hydrogen) atoms. The first-order valence-electron chi connectivity index (χ1n) is 6.66. The Bertz CT molecular complexity index is 594. The summed E-state index contributed by atoms with van der Waals surface area (Å²) in [5.74, 6) is 0. The van der Waals surface area contributed by atoms with Crippen LogP contribution >= 0.6 is 22.7 Å². The fourth-order valence-corrected chi connectivity index (χ4v) is 4.63. The topological polar surface area (TPSA) is 45.6 Å². The molecule has 1 aliphatic heterocycles. The second kappa shape index (κ2) is 5.81. The molecule has 0 amide bonds. The Morgan fingerprint density at radius 2 is 2.40 bits per heavy atom. The second-order valence-corrected chi connectivity index (χ2v) is 6.94. The molecule has 3 heterocycles. The summed E-state index contributed by atoms with van der Waals surface area (Å²) in [5.41, 5.74) is 2.27. The molecule has 0 aromatic carbocycles. The lowest BCUT2D eigenvalue weighted by Gasteiger charge is -2.33. The van der Waals surface area contributed by atoms with Gasteiger partial charge in [0.1, 0.15) is 0 Å². The van der Waals surface area contributed by atoms with Crippen LogP contribution < -0.4 is 4.90 Å². The van der Waals surface area contributed by atoms with E-state index in [1.54, 1.807) is 18.4 Å². The van der Waals surface area contributed by atoms with Crippen LogP contribution in [0.2, 0.25) is 0 Å². The van der Waals surface area contributed by atoms with E-state index in [-0.39, 0.29) is 6.61 Å². The van der Waals surface area contributed by atoms with E-state index < -0.39 is 0 Å². The minimum absolute atomic E-state index is 0.0300. The van der Waals surface area contributed by atoms with Crippen LogP contribution in [0.1, 0.15) is 34.0 Å². The first-order chi connectivity index (χ1) is 9.74. The zero-order valence-corrected chi connectivity index (χ0v) is 13.3. The summed E-state index contributed by atoms with van der Waals surface area (Å²) in [6, 6.07) is 2.56. The van der Waals surface area contributed by atoms with E-state index in [0.717, 1.165) is 28.7 Å². The average molecular weight is 310 g/mol. The van der Waals surface area contributed by atoms with Gasteiger partial charge in [-0.3, -0.25) is 0 Å². The van der Waals surface area contributed by atoms with Crippen molar-refractivity contribution in [3.8, 4) is 0 Å². The molecule has 0 saturated heterocycles. The molecule has 1 atom stereocenters. The Kier molecular flexibility index (Phi) is 4.07. The number of hydrogen-bond donors (Lipinski definition) is 1. The lowest BCUT2D eigenvalue weighted by Crippen LogP contribution is -2.32. The van der Waals surface area contributed by atoms with Crippen LogP contribution in [0.15, 0.2) is 11.4 Å². The number of aliphatic hydroxyl groups excluding tert-OH is 1. The number of hydrogen-bond acceptors (Lipinski definition) is 6. The molecular weight excluding hydrogens is 292 g/mol. The van der Waals surface area contributed by atoms with Gasteiger partial charge in [0.25, 0.3) is 0 Å². The van der Waals surface area contributed by atoms with Crippen molar-refractivity contribution in [1.29, 1.82) is 0 Å². The number of aliphatic hydroxyl groups is 1. The van der Waals surface area contributed by atoms with Crippen molar-refractivity contribution >= 4 is 27.8 Å². The van der Waals surface area contributed by atoms with Gasteiger partial charge in [0.05, 0.1) is 29.8 Å². The first-order valence-corrected chi connectivity index (χ1v) is 8.35. The minimum atomic E-state index is 0.0300. The second-order valence-electron chi connectivity index (χ2n) is 4.88. The molecule has 2 aromatic heterocycles. The molecule has 108 valence electrons. The largest absolute Gasteiger partial charge is 0.391 e. The third-order valence-corrected chi connectivity index (χ3v) is 5.83. The summed E-state index contributed by atoms with van der Waals surface area (Å²) in [7, 11) is 1.65. The highest BCUT2D eigenvalue weighted by Crippen LogP contribution is 2.38. The molecule has 1 aliphatic rings. The third kappa shape index (κ3) is 2.37. The SMILES string of the molecule is COCc1nc(N2CCc3sccc3C2C)sc1CO. The number of fused-ring (bicyclic) bond motifs is 1. The lowest BCUT2D eigenvalue weighted by molar-refractivity contribution is 0.179. The molecular formula is C14H18N2O2S2. The Labute approximate surface area is 126 Å². The Morgan fingerprint density at radius 1 is 1.55 bits per heavy atom. The fourth-order valence-electron chi connectivity index (χ4n) is 2.64. The van der Waals surface area contributed by atoms with Gasteiger partial charge in [0.15, 0.2) is 5.13 Å². The van der Waals surface area contributed by atoms with E-state index in [0.29, 0.717) is 12.6 Å². The maximum absolute atomic E-state index is 9.45. The van der Waals surface area contributed by atoms with Crippen LogP contribution in [-0.4, -0.2) is 23.7 Å². The van der Waals surface area contributed by atoms with Gasteiger partial charge >= 0.3 is 0 Å². The third-order valence-electron chi connectivity index (χ3n) is 3.71. The molecule has 6 heteroatoms. The van der Waals surface area contributed by atoms with E-state index in [1.165, 1.54) is 10.4 Å². The highest BCUT2D eigenvalue weighted by Gasteiger charge is 2.27. The van der Waals surface area contributed by atoms with E-state index in [4.69, 9.17) is 4.74 Å². The van der Waals surface area contributed by atoms with Gasteiger partial charge in [-0.05, 0) is 30.4 Å². The number of nitrogens with zero attached hydrogens (tertiary/aromatic N) is 2. The molecule has 3 rings (SSSR count). The average Bonchev–Trinajstić information content (AvgIpc) is 3.06. The number of thiophene rings is 1. The zero-order chi connectivity index (χ0) is 14.1. The van der Waals surface area contributed by atoms with E-state index in [9.17, 15) is 5.11 Å². The van der Waals surface area contributed by atoms with Crippen LogP contribution in [0.4, 0.5) is 5.13 Å². The number of methoxy groups -OCH3 is 1. The molecule has 0 aliphatic carbocycles. The number of thiazole rings is 1. The van der Waals surface area contributed by atoms with Crippen molar-refractivity contribution in [2.75, 3.05) is 18.6 Å². The van der Waals surface area contributed by atoms with E-state index >= 15 is 0 Å². The van der Waals surface area contributed by atoms with Gasteiger partial charge in [-0.1, -0.05) is 11.3 Å². The molecule has 0 fully saturated rings. The molecule has 0 bridgehead atoms. The van der Waals surface area contributed by atoms with E-state index in [1.807, 2.05) is 11.3 Å². The monoisotopic (exact) mass is 310 g/mol. The summed E-state index contributed by atoms with van der Waals surface area (Å²) in [5, 5.41) is 12.6. The van der Waals surface area contributed by atoms with Crippen LogP contribution in [0.25, 0.3) is 0 Å². The molecule has 0 spiro atoms. The maximum Gasteiger partial charge on any atom is 0.186 e. The van der Waals surface area contributed by atoms with Gasteiger partial charge in [0, 0.05) is 18.5 Å². The van der Waals surface area contributed by atoms with Gasteiger partial charge < -0.3 is 14.7 Å². The van der Waals surface area contributed by atoms with Crippen molar-refractivity contribution < 1.29 is 9.84 Å². The van der Waals surface area contributed by atoms with Crippen LogP contribution in [0, 0.1) is 0 Å². The molecule has 0 radical (unpaired) electrons. The van der Waals surface area contributed by atoms with Crippen molar-refractivity contribution in [1.82, 2.24) is 4.98 Å². The highest BCUT2D eigenvalue weighted by atomic mass is 32.1. The van der Waals surface area contributed by atoms with Crippen molar-refractivity contribution in [2.45, 2.75) is 32.6 Å². The number of rotatable bonds is 4. The summed E-state index contributed by atoms with van der Waals surface area (Å²) in [6.07, 6.45) is 1.07. The number of anilines is 1. The molecule has 0 saturated carbocycles. The highest BCUT2D eigenvalue weighted by molar-refractivity contribution is 7.15. The predicted molar refractivity (Wildman–Crippen MR) is 82.5 cm³/mol. The first kappa shape index (κ1) is 14.0. The van der Waals surface area contributed by atoms with Gasteiger partial charge in [-0.2, -0.15) is 0 Å². The van der Waals surface area contributed by atoms with Crippen LogP contribution in [0.3, 0.4) is 0 Å². The summed E-state index contributed by atoms with van der Waals surface area (Å²) >= 11 is 3.42. The van der Waals surface area contributed by atoms with Gasteiger partial charge in [-0.15, -0.1) is 11.3 Å². The quantitative estimate of drug-likeness (QED) is 0.943. The Hall–Kier alpha value is -0.950. The summed E-state index contributed by atoms with van der Waals surface area (Å²) in [4.78, 5) is 9.39. The maximum atomic E-state index is 9.45. The standard InChI is InChI=1S/C14H18N2O2S2/c1-9-10-4-6-19-12(10)3-5-16(9)14-15-11(8-18-2)13(7-17)20-14/h4,6,9,17H,3,5,7-8H2,1-2H3. The Morgan fingerprint density at radius 3 is 3.15 bits per heavy atom. The van der Waals surface area contributed by atoms with Crippen molar-refractivity contribution in [2.24, 2.45) is 0 Å². The number of ether oxygens (including phenoxy) is 1. The minimum Gasteiger partial charge on any atom is -0.391 e. The molecule has 1 N–H and O–H groups in total. The summed E-state index contributed by atoms with van der Waals surface area (Å²) < 4.78 is 5.16. The molecule has 2 aromatic rings. The van der Waals surface area contributed by atoms with Gasteiger partial charge in [-0.25, -0.2) is 4.98 Å². The molecule has 1 unspecified atom stereocenters. The lowest BCUT2D eigenvalue weighted by atomic mass is 10.0. The Balaban J connectivity index is 1.90. The number of aromatic nitrogens is 1. The van der Waals surface area contributed by atoms with Gasteiger partial charge in [0.2, 0.25) is 0 Å². The van der Waals surface area contributed by atoms with Crippen LogP contribution in [0.5, 0.6) is 0 Å².